The lowest BCUT2D eigenvalue weighted by Gasteiger charge is -2.11. The summed E-state index contributed by atoms with van der Waals surface area (Å²) in [5, 5.41) is 1.08. The third kappa shape index (κ3) is 6.42. The van der Waals surface area contributed by atoms with Crippen LogP contribution in [0.5, 0.6) is 5.75 Å². The highest BCUT2D eigenvalue weighted by atomic mass is 35.5. The van der Waals surface area contributed by atoms with Crippen molar-refractivity contribution in [1.82, 2.24) is 0 Å². The number of Topliss-reactive ketones (excluding diaryl/α,β-unsaturated/α-hetero) is 1. The topological polar surface area (TPSA) is 52.6 Å². The number of unbranched alkanes of at least 4 members (excludes halogenated alkanes) is 1. The lowest BCUT2D eigenvalue weighted by Crippen LogP contribution is -2.06. The molecule has 2 aromatic carbocycles. The molecule has 4 nitrogen and oxygen atoms in total. The number of rotatable bonds is 9. The van der Waals surface area contributed by atoms with Gasteiger partial charge in [0.15, 0.2) is 11.5 Å². The summed E-state index contributed by atoms with van der Waals surface area (Å²) in [5.41, 5.74) is 0.911. The highest BCUT2D eigenvalue weighted by molar-refractivity contribution is 6.37. The fraction of sp³-hybridized carbons (Fsp3) is 0.300. The number of carbonyl (C=O) groups is 2. The van der Waals surface area contributed by atoms with E-state index in [-0.39, 0.29) is 28.0 Å². The number of hydrogen-bond donors (Lipinski definition) is 0. The summed E-state index contributed by atoms with van der Waals surface area (Å²) in [4.78, 5) is 23.8. The van der Waals surface area contributed by atoms with Crippen molar-refractivity contribution in [3.8, 4) is 5.75 Å². The van der Waals surface area contributed by atoms with Crippen molar-refractivity contribution in [1.29, 1.82) is 0 Å². The van der Waals surface area contributed by atoms with Gasteiger partial charge in [-0.1, -0.05) is 34.8 Å². The van der Waals surface area contributed by atoms with Crippen LogP contribution < -0.4 is 4.74 Å². The fourth-order valence-corrected chi connectivity index (χ4v) is 3.09. The first-order valence-electron chi connectivity index (χ1n) is 8.50. The zero-order chi connectivity index (χ0) is 19.8. The SMILES string of the molecule is CCOC(=O)c1cc(Cl)c(OCCCCC(=O)c2ccc(Cl)cc2)c(Cl)c1. The summed E-state index contributed by atoms with van der Waals surface area (Å²) < 4.78 is 10.5. The molecular formula is C20H19Cl3O4. The Balaban J connectivity index is 1.82. The summed E-state index contributed by atoms with van der Waals surface area (Å²) in [6.45, 7) is 2.34. The van der Waals surface area contributed by atoms with Gasteiger partial charge < -0.3 is 9.47 Å². The maximum absolute atomic E-state index is 12.1. The molecule has 0 radical (unpaired) electrons. The predicted molar refractivity (Wildman–Crippen MR) is 108 cm³/mol. The molecule has 27 heavy (non-hydrogen) atoms. The van der Waals surface area contributed by atoms with Crippen LogP contribution in [-0.2, 0) is 4.74 Å². The van der Waals surface area contributed by atoms with Gasteiger partial charge in [0.1, 0.15) is 0 Å². The van der Waals surface area contributed by atoms with Crippen molar-refractivity contribution in [2.45, 2.75) is 26.2 Å². The molecule has 0 heterocycles. The monoisotopic (exact) mass is 428 g/mol. The molecule has 0 aliphatic carbocycles. The van der Waals surface area contributed by atoms with E-state index in [9.17, 15) is 9.59 Å². The van der Waals surface area contributed by atoms with Crippen LogP contribution in [0, 0.1) is 0 Å². The first-order chi connectivity index (χ1) is 12.9. The molecule has 0 amide bonds. The molecule has 0 fully saturated rings. The maximum atomic E-state index is 12.1. The molecule has 0 bridgehead atoms. The fourth-order valence-electron chi connectivity index (χ4n) is 2.37. The molecule has 0 unspecified atom stereocenters. The summed E-state index contributed by atoms with van der Waals surface area (Å²) in [6.07, 6.45) is 1.73. The van der Waals surface area contributed by atoms with Gasteiger partial charge in [-0.15, -0.1) is 0 Å². The smallest absolute Gasteiger partial charge is 0.338 e. The predicted octanol–water partition coefficient (Wildman–Crippen LogP) is 6.26. The minimum Gasteiger partial charge on any atom is -0.490 e. The Morgan fingerprint density at radius 2 is 1.56 bits per heavy atom. The van der Waals surface area contributed by atoms with E-state index in [1.807, 2.05) is 0 Å². The highest BCUT2D eigenvalue weighted by Gasteiger charge is 2.15. The first-order valence-corrected chi connectivity index (χ1v) is 9.63. The van der Waals surface area contributed by atoms with Crippen LogP contribution in [0.15, 0.2) is 36.4 Å². The van der Waals surface area contributed by atoms with Crippen LogP contribution in [0.4, 0.5) is 0 Å². The largest absolute Gasteiger partial charge is 0.490 e. The van der Waals surface area contributed by atoms with Crippen LogP contribution in [0.3, 0.4) is 0 Å². The second-order valence-corrected chi connectivity index (χ2v) is 6.98. The van der Waals surface area contributed by atoms with Crippen LogP contribution >= 0.6 is 34.8 Å². The molecule has 0 atom stereocenters. The minimum absolute atomic E-state index is 0.0570. The van der Waals surface area contributed by atoms with Gasteiger partial charge in [-0.25, -0.2) is 4.79 Å². The molecule has 7 heteroatoms. The van der Waals surface area contributed by atoms with E-state index in [2.05, 4.69) is 0 Å². The zero-order valence-corrected chi connectivity index (χ0v) is 17.0. The van der Waals surface area contributed by atoms with Gasteiger partial charge in [0.05, 0.1) is 28.8 Å². The van der Waals surface area contributed by atoms with Crippen molar-refractivity contribution in [2.75, 3.05) is 13.2 Å². The Kier molecular flexibility index (Phi) is 8.42. The number of hydrogen-bond acceptors (Lipinski definition) is 4. The molecule has 144 valence electrons. The van der Waals surface area contributed by atoms with E-state index in [0.29, 0.717) is 42.2 Å². The quantitative estimate of drug-likeness (QED) is 0.268. The Bertz CT molecular complexity index is 780. The third-order valence-electron chi connectivity index (χ3n) is 3.72. The van der Waals surface area contributed by atoms with E-state index in [1.165, 1.54) is 12.1 Å². The molecule has 0 saturated heterocycles. The van der Waals surface area contributed by atoms with Crippen molar-refractivity contribution >= 4 is 46.6 Å². The van der Waals surface area contributed by atoms with E-state index < -0.39 is 5.97 Å². The molecule has 2 aromatic rings. The van der Waals surface area contributed by atoms with E-state index in [1.54, 1.807) is 31.2 Å². The summed E-state index contributed by atoms with van der Waals surface area (Å²) in [5.74, 6) is -0.120. The van der Waals surface area contributed by atoms with Gasteiger partial charge in [0.2, 0.25) is 0 Å². The Hall–Kier alpha value is -1.75. The van der Waals surface area contributed by atoms with Gasteiger partial charge in [0.25, 0.3) is 0 Å². The number of benzene rings is 2. The van der Waals surface area contributed by atoms with Crippen molar-refractivity contribution < 1.29 is 19.1 Å². The molecule has 0 aromatic heterocycles. The maximum Gasteiger partial charge on any atom is 0.338 e. The first kappa shape index (κ1) is 21.5. The molecule has 0 N–H and O–H groups in total. The van der Waals surface area contributed by atoms with Gasteiger partial charge in [-0.05, 0) is 56.2 Å². The molecule has 0 aliphatic heterocycles. The molecule has 0 aliphatic rings. The van der Waals surface area contributed by atoms with E-state index in [4.69, 9.17) is 44.3 Å². The van der Waals surface area contributed by atoms with E-state index in [0.717, 1.165) is 0 Å². The second-order valence-electron chi connectivity index (χ2n) is 5.73. The van der Waals surface area contributed by atoms with Gasteiger partial charge in [-0.3, -0.25) is 4.79 Å². The van der Waals surface area contributed by atoms with E-state index >= 15 is 0 Å². The van der Waals surface area contributed by atoms with Crippen LogP contribution in [-0.4, -0.2) is 25.0 Å². The van der Waals surface area contributed by atoms with Gasteiger partial charge >= 0.3 is 5.97 Å². The van der Waals surface area contributed by atoms with Crippen molar-refractivity contribution in [3.63, 3.8) is 0 Å². The Morgan fingerprint density at radius 1 is 0.926 bits per heavy atom. The molecule has 0 saturated carbocycles. The van der Waals surface area contributed by atoms with Crippen LogP contribution in [0.25, 0.3) is 0 Å². The molecule has 2 rings (SSSR count). The summed E-state index contributed by atoms with van der Waals surface area (Å²) in [6, 6.07) is 9.75. The number of esters is 1. The Labute approximate surface area is 173 Å². The van der Waals surface area contributed by atoms with Crippen LogP contribution in [0.1, 0.15) is 46.9 Å². The average Bonchev–Trinajstić information content (AvgIpc) is 2.63. The summed E-state index contributed by atoms with van der Waals surface area (Å²) >= 11 is 18.1. The number of ether oxygens (including phenoxy) is 2. The number of ketones is 1. The molecule has 0 spiro atoms. The lowest BCUT2D eigenvalue weighted by atomic mass is 10.1. The normalized spacial score (nSPS) is 10.5. The second kappa shape index (κ2) is 10.5. The van der Waals surface area contributed by atoms with Gasteiger partial charge in [0, 0.05) is 17.0 Å². The average molecular weight is 430 g/mol. The standard InChI is InChI=1S/C20H19Cl3O4/c1-2-26-20(25)14-11-16(22)19(17(23)12-14)27-10-4-3-5-18(24)13-6-8-15(21)9-7-13/h6-9,11-12H,2-5,10H2,1H3. The van der Waals surface area contributed by atoms with Crippen LogP contribution in [0.2, 0.25) is 15.1 Å². The van der Waals surface area contributed by atoms with Crippen molar-refractivity contribution in [2.24, 2.45) is 0 Å². The lowest BCUT2D eigenvalue weighted by molar-refractivity contribution is 0.0526. The van der Waals surface area contributed by atoms with Crippen molar-refractivity contribution in [3.05, 3.63) is 62.6 Å². The minimum atomic E-state index is -0.492. The third-order valence-corrected chi connectivity index (χ3v) is 4.53. The summed E-state index contributed by atoms with van der Waals surface area (Å²) in [7, 11) is 0. The van der Waals surface area contributed by atoms with Gasteiger partial charge in [-0.2, -0.15) is 0 Å². The number of carbonyl (C=O) groups excluding carboxylic acids is 2. The zero-order valence-electron chi connectivity index (χ0n) is 14.8. The highest BCUT2D eigenvalue weighted by Crippen LogP contribution is 2.34. The Morgan fingerprint density at radius 3 is 2.15 bits per heavy atom. The number of halogens is 3. The molecular weight excluding hydrogens is 411 g/mol.